The molecule has 7 nitrogen and oxygen atoms in total. The van der Waals surface area contributed by atoms with Crippen molar-refractivity contribution in [1.82, 2.24) is 15.0 Å². The Hall–Kier alpha value is -2.44. The molecule has 2 aromatic carbocycles. The third-order valence-corrected chi connectivity index (χ3v) is 11.5. The van der Waals surface area contributed by atoms with Crippen LogP contribution in [0.4, 0.5) is 13.2 Å². The van der Waals surface area contributed by atoms with Crippen LogP contribution in [0, 0.1) is 30.3 Å². The predicted molar refractivity (Wildman–Crippen MR) is 138 cm³/mol. The quantitative estimate of drug-likeness (QED) is 0.238. The molecule has 1 unspecified atom stereocenters. The summed E-state index contributed by atoms with van der Waals surface area (Å²) in [5, 5.41) is 51.8. The van der Waals surface area contributed by atoms with E-state index < -0.39 is 57.4 Å². The molecule has 4 N–H and O–H groups in total. The molecule has 1 aliphatic carbocycles. The number of rotatable bonds is 6. The molecule has 2 aliphatic rings. The lowest BCUT2D eigenvalue weighted by Gasteiger charge is -2.56. The minimum atomic E-state index is -1.59. The van der Waals surface area contributed by atoms with Crippen molar-refractivity contribution in [2.24, 2.45) is 5.92 Å². The van der Waals surface area contributed by atoms with Gasteiger partial charge in [0.1, 0.15) is 11.7 Å². The van der Waals surface area contributed by atoms with Crippen LogP contribution in [-0.2, 0) is 0 Å². The van der Waals surface area contributed by atoms with Gasteiger partial charge in [-0.15, -0.1) is 5.10 Å². The van der Waals surface area contributed by atoms with Crippen molar-refractivity contribution in [2.45, 2.75) is 61.0 Å². The zero-order valence-corrected chi connectivity index (χ0v) is 21.9. The lowest BCUT2D eigenvalue weighted by atomic mass is 9.68. The van der Waals surface area contributed by atoms with Gasteiger partial charge in [-0.1, -0.05) is 36.4 Å². The molecule has 0 spiro atoms. The molecular formula is C27H32F3N3O4S. The fourth-order valence-electron chi connectivity index (χ4n) is 6.25. The van der Waals surface area contributed by atoms with E-state index in [0.29, 0.717) is 18.8 Å². The second kappa shape index (κ2) is 10.3. The molecule has 11 heteroatoms. The molecular weight excluding hydrogens is 519 g/mol. The second-order valence-electron chi connectivity index (χ2n) is 10.7. The molecule has 38 heavy (non-hydrogen) atoms. The molecule has 1 aliphatic heterocycles. The van der Waals surface area contributed by atoms with Crippen LogP contribution in [-0.4, -0.2) is 70.8 Å². The summed E-state index contributed by atoms with van der Waals surface area (Å²) >= 11 is 0. The van der Waals surface area contributed by atoms with Crippen molar-refractivity contribution in [3.63, 3.8) is 0 Å². The van der Waals surface area contributed by atoms with E-state index in [1.807, 2.05) is 31.2 Å². The summed E-state index contributed by atoms with van der Waals surface area (Å²) in [6.45, 7) is 3.68. The average molecular weight is 552 g/mol. The molecule has 206 valence electrons. The van der Waals surface area contributed by atoms with Crippen LogP contribution in [0.25, 0.3) is 11.3 Å². The van der Waals surface area contributed by atoms with Crippen LogP contribution in [0.2, 0.25) is 0 Å². The summed E-state index contributed by atoms with van der Waals surface area (Å²) in [4.78, 5) is 0. The predicted octanol–water partition coefficient (Wildman–Crippen LogP) is 3.21. The number of thiol groups is 1. The van der Waals surface area contributed by atoms with Crippen molar-refractivity contribution in [1.29, 1.82) is 0 Å². The van der Waals surface area contributed by atoms with Gasteiger partial charge in [-0.25, -0.2) is 28.7 Å². The van der Waals surface area contributed by atoms with E-state index >= 15 is 0 Å². The van der Waals surface area contributed by atoms with Crippen LogP contribution < -0.4 is 0 Å². The van der Waals surface area contributed by atoms with Crippen molar-refractivity contribution in [3.05, 3.63) is 71.2 Å². The third-order valence-electron chi connectivity index (χ3n) is 7.97. The van der Waals surface area contributed by atoms with Crippen LogP contribution in [0.3, 0.4) is 0 Å². The minimum Gasteiger partial charge on any atom is -0.395 e. The van der Waals surface area contributed by atoms with Gasteiger partial charge in [-0.2, -0.15) is 0 Å². The summed E-state index contributed by atoms with van der Waals surface area (Å²) < 4.78 is 42.1. The van der Waals surface area contributed by atoms with E-state index in [1.165, 1.54) is 10.9 Å². The number of aliphatic hydroxyl groups excluding tert-OH is 3. The van der Waals surface area contributed by atoms with E-state index in [1.54, 1.807) is 0 Å². The first-order valence-electron chi connectivity index (χ1n) is 12.6. The highest BCUT2D eigenvalue weighted by atomic mass is 32.2. The Bertz CT molecular complexity index is 1300. The number of benzene rings is 2. The maximum atomic E-state index is 13.8. The van der Waals surface area contributed by atoms with Crippen molar-refractivity contribution in [2.75, 3.05) is 12.4 Å². The first-order chi connectivity index (χ1) is 18.0. The topological polar surface area (TPSA) is 112 Å². The molecule has 0 amide bonds. The van der Waals surface area contributed by atoms with Gasteiger partial charge < -0.3 is 20.4 Å². The van der Waals surface area contributed by atoms with Gasteiger partial charge in [0.2, 0.25) is 0 Å². The Kier molecular flexibility index (Phi) is 7.34. The average Bonchev–Trinajstić information content (AvgIpc) is 3.32. The van der Waals surface area contributed by atoms with E-state index in [2.05, 4.69) is 17.2 Å². The lowest BCUT2D eigenvalue weighted by Crippen LogP contribution is -2.55. The summed E-state index contributed by atoms with van der Waals surface area (Å²) in [7, 11) is -1.30. The highest BCUT2D eigenvalue weighted by molar-refractivity contribution is 8.18. The van der Waals surface area contributed by atoms with Crippen molar-refractivity contribution < 1.29 is 33.6 Å². The van der Waals surface area contributed by atoms with E-state index in [-0.39, 0.29) is 28.9 Å². The Morgan fingerprint density at radius 3 is 2.39 bits per heavy atom. The van der Waals surface area contributed by atoms with Crippen molar-refractivity contribution in [3.8, 4) is 11.3 Å². The fourth-order valence-corrected chi connectivity index (χ4v) is 10.0. The number of aromatic nitrogens is 3. The van der Waals surface area contributed by atoms with E-state index in [0.717, 1.165) is 23.3 Å². The molecule has 3 aromatic rings. The Labute approximate surface area is 221 Å². The smallest absolute Gasteiger partial charge is 0.194 e. The van der Waals surface area contributed by atoms with E-state index in [4.69, 9.17) is 0 Å². The number of aryl methyl sites for hydroxylation is 1. The largest absolute Gasteiger partial charge is 0.395 e. The number of hydrogen-bond acceptors (Lipinski definition) is 6. The number of nitrogens with zero attached hydrogens (tertiary/aromatic N) is 3. The summed E-state index contributed by atoms with van der Waals surface area (Å²) in [5.41, 5.74) is 0.928. The third kappa shape index (κ3) is 4.64. The molecule has 5 rings (SSSR count). The van der Waals surface area contributed by atoms with Crippen LogP contribution in [0.1, 0.15) is 42.2 Å². The molecule has 6 atom stereocenters. The first kappa shape index (κ1) is 27.1. The second-order valence-corrected chi connectivity index (χ2v) is 13.3. The minimum absolute atomic E-state index is 0.0335. The number of halogens is 3. The Morgan fingerprint density at radius 1 is 1.13 bits per heavy atom. The maximum absolute atomic E-state index is 13.8. The number of hydrogen-bond donors (Lipinski definition) is 5. The highest BCUT2D eigenvalue weighted by Crippen LogP contribution is 2.62. The summed E-state index contributed by atoms with van der Waals surface area (Å²) in [6.07, 6.45) is 0.179. The molecule has 1 saturated carbocycles. The van der Waals surface area contributed by atoms with Crippen LogP contribution >= 0.6 is 10.9 Å². The van der Waals surface area contributed by atoms with Gasteiger partial charge in [0.05, 0.1) is 30.6 Å². The molecule has 2 heterocycles. The van der Waals surface area contributed by atoms with Gasteiger partial charge in [0.15, 0.2) is 17.5 Å². The zero-order valence-electron chi connectivity index (χ0n) is 21.0. The Balaban J connectivity index is 1.48. The molecule has 1 aromatic heterocycles. The van der Waals surface area contributed by atoms with Gasteiger partial charge in [0, 0.05) is 21.8 Å². The van der Waals surface area contributed by atoms with E-state index in [9.17, 15) is 33.6 Å². The van der Waals surface area contributed by atoms with Gasteiger partial charge >= 0.3 is 0 Å². The monoisotopic (exact) mass is 551 g/mol. The lowest BCUT2D eigenvalue weighted by molar-refractivity contribution is -0.0709. The van der Waals surface area contributed by atoms with Crippen molar-refractivity contribution >= 4 is 10.9 Å². The first-order valence-corrected chi connectivity index (χ1v) is 14.3. The molecule has 0 radical (unpaired) electrons. The van der Waals surface area contributed by atoms with Gasteiger partial charge in [-0.3, -0.25) is 0 Å². The standard InChI is InChI=1S/C27H32F3N3O4S/c1-14-9-27(37,10-14)26(17-6-4-3-5-15(17)2)38-13-21(35)24(25(36)22(38)12-34)33-11-20(31-32-33)16-7-18(28)23(30)19(29)8-16/h3-8,11,14,21-22,24-26,34-38H,9-10,12-13H2,1-2H3/t14?,21-,22+,24-,25-,26+,27?/m0/s1. The molecule has 1 saturated heterocycles. The van der Waals surface area contributed by atoms with Gasteiger partial charge in [-0.05, 0) is 48.9 Å². The van der Waals surface area contributed by atoms with Crippen LogP contribution in [0.5, 0.6) is 0 Å². The van der Waals surface area contributed by atoms with Crippen LogP contribution in [0.15, 0.2) is 42.6 Å². The summed E-state index contributed by atoms with van der Waals surface area (Å²) in [5.74, 6) is -3.76. The SMILES string of the molecule is Cc1ccccc1[C@@H]([SH]1C[C@H](O)[C@H](n2cc(-c3cc(F)c(F)c(F)c3)nn2)[C@@H](O)[C@H]1CO)C1(O)CC(C)C1. The molecule has 0 bridgehead atoms. The van der Waals surface area contributed by atoms with Gasteiger partial charge in [0.25, 0.3) is 0 Å². The highest BCUT2D eigenvalue weighted by Gasteiger charge is 2.54. The normalized spacial score (nSPS) is 33.1. The molecule has 2 fully saturated rings. The maximum Gasteiger partial charge on any atom is 0.194 e. The summed E-state index contributed by atoms with van der Waals surface area (Å²) in [6, 6.07) is 8.35. The zero-order chi connectivity index (χ0) is 27.4. The fraction of sp³-hybridized carbons (Fsp3) is 0.481. The Morgan fingerprint density at radius 2 is 1.79 bits per heavy atom. The number of aliphatic hydroxyl groups is 4.